The number of pyridine rings is 2. The highest BCUT2D eigenvalue weighted by Gasteiger charge is 2.03. The Kier molecular flexibility index (Phi) is 8.46. The summed E-state index contributed by atoms with van der Waals surface area (Å²) in [7, 11) is 0. The number of amides is 1. The van der Waals surface area contributed by atoms with Crippen LogP contribution in [0.15, 0.2) is 49.1 Å². The van der Waals surface area contributed by atoms with Crippen molar-refractivity contribution in [1.82, 2.24) is 20.8 Å². The molecular formula is C18H24N4O2. The van der Waals surface area contributed by atoms with Gasteiger partial charge >= 0.3 is 0 Å². The molecule has 2 aromatic rings. The molecule has 0 aliphatic heterocycles. The van der Waals surface area contributed by atoms with E-state index in [0.717, 1.165) is 37.8 Å². The maximum atomic E-state index is 11.8. The first kappa shape index (κ1) is 18.0. The Labute approximate surface area is 142 Å². The van der Waals surface area contributed by atoms with Crippen molar-refractivity contribution in [2.24, 2.45) is 0 Å². The van der Waals surface area contributed by atoms with Crippen molar-refractivity contribution in [3.63, 3.8) is 0 Å². The molecule has 0 unspecified atom stereocenters. The molecule has 6 heteroatoms. The molecule has 0 aromatic carbocycles. The van der Waals surface area contributed by atoms with Crippen LogP contribution in [-0.2, 0) is 11.4 Å². The second-order valence-corrected chi connectivity index (χ2v) is 5.46. The molecule has 128 valence electrons. The molecule has 0 aliphatic carbocycles. The average Bonchev–Trinajstić information content (AvgIpc) is 2.64. The highest BCUT2D eigenvalue weighted by atomic mass is 16.6. The molecule has 2 N–H and O–H groups in total. The summed E-state index contributed by atoms with van der Waals surface area (Å²) in [4.78, 5) is 25.1. The summed E-state index contributed by atoms with van der Waals surface area (Å²) in [6, 6.07) is 7.40. The van der Waals surface area contributed by atoms with Gasteiger partial charge in [0.1, 0.15) is 0 Å². The minimum Gasteiger partial charge on any atom is -0.352 e. The molecule has 2 aromatic heterocycles. The second kappa shape index (κ2) is 11.3. The number of hydroxylamine groups is 1. The summed E-state index contributed by atoms with van der Waals surface area (Å²) >= 11 is 0. The Bertz CT molecular complexity index is 578. The monoisotopic (exact) mass is 328 g/mol. The van der Waals surface area contributed by atoms with Crippen molar-refractivity contribution in [1.29, 1.82) is 0 Å². The van der Waals surface area contributed by atoms with Crippen LogP contribution < -0.4 is 10.8 Å². The molecule has 6 nitrogen and oxygen atoms in total. The summed E-state index contributed by atoms with van der Waals surface area (Å²) < 4.78 is 0. The zero-order chi connectivity index (χ0) is 16.9. The van der Waals surface area contributed by atoms with E-state index in [4.69, 9.17) is 4.84 Å². The summed E-state index contributed by atoms with van der Waals surface area (Å²) in [5, 5.41) is 2.90. The zero-order valence-electron chi connectivity index (χ0n) is 13.8. The molecule has 0 bridgehead atoms. The van der Waals surface area contributed by atoms with E-state index in [1.54, 1.807) is 36.9 Å². The first-order valence-corrected chi connectivity index (χ1v) is 8.28. The molecule has 0 atom stereocenters. The third-order valence-electron chi connectivity index (χ3n) is 3.48. The van der Waals surface area contributed by atoms with Gasteiger partial charge < -0.3 is 5.32 Å². The Balaban J connectivity index is 1.40. The number of carbonyl (C=O) groups is 1. The fraction of sp³-hybridized carbons (Fsp3) is 0.389. The Morgan fingerprint density at radius 2 is 1.71 bits per heavy atom. The van der Waals surface area contributed by atoms with Gasteiger partial charge in [0.25, 0.3) is 5.91 Å². The van der Waals surface area contributed by atoms with Crippen LogP contribution in [0.2, 0.25) is 0 Å². The normalized spacial score (nSPS) is 10.5. The molecule has 0 aliphatic rings. The fourth-order valence-electron chi connectivity index (χ4n) is 2.17. The zero-order valence-corrected chi connectivity index (χ0v) is 13.8. The van der Waals surface area contributed by atoms with Gasteiger partial charge in [0.2, 0.25) is 0 Å². The molecule has 2 rings (SSSR count). The van der Waals surface area contributed by atoms with E-state index < -0.39 is 0 Å². The molecule has 0 saturated heterocycles. The van der Waals surface area contributed by atoms with Gasteiger partial charge in [-0.25, -0.2) is 5.48 Å². The van der Waals surface area contributed by atoms with E-state index in [1.807, 2.05) is 12.1 Å². The van der Waals surface area contributed by atoms with Crippen molar-refractivity contribution < 1.29 is 9.63 Å². The number of hydrogen-bond acceptors (Lipinski definition) is 5. The van der Waals surface area contributed by atoms with Crippen molar-refractivity contribution in [3.05, 3.63) is 60.2 Å². The Hall–Kier alpha value is -2.31. The maximum Gasteiger partial charge on any atom is 0.252 e. The lowest BCUT2D eigenvalue weighted by molar-refractivity contribution is 0.0271. The minimum absolute atomic E-state index is 0.0615. The predicted molar refractivity (Wildman–Crippen MR) is 92.1 cm³/mol. The van der Waals surface area contributed by atoms with Crippen molar-refractivity contribution >= 4 is 5.91 Å². The third-order valence-corrected chi connectivity index (χ3v) is 3.48. The van der Waals surface area contributed by atoms with E-state index in [2.05, 4.69) is 20.8 Å². The van der Waals surface area contributed by atoms with Crippen molar-refractivity contribution in [2.75, 3.05) is 13.1 Å². The number of nitrogens with one attached hydrogen (secondary N) is 2. The van der Waals surface area contributed by atoms with Crippen LogP contribution in [0.5, 0.6) is 0 Å². The molecule has 0 spiro atoms. The van der Waals surface area contributed by atoms with Crippen LogP contribution in [-0.4, -0.2) is 29.0 Å². The van der Waals surface area contributed by atoms with Gasteiger partial charge in [-0.2, -0.15) is 0 Å². The largest absolute Gasteiger partial charge is 0.352 e. The minimum atomic E-state index is -0.0615. The summed E-state index contributed by atoms with van der Waals surface area (Å²) in [5.41, 5.74) is 4.61. The first-order chi connectivity index (χ1) is 11.9. The molecule has 24 heavy (non-hydrogen) atoms. The summed E-state index contributed by atoms with van der Waals surface area (Å²) in [5.74, 6) is -0.0615. The number of aromatic nitrogens is 2. The van der Waals surface area contributed by atoms with Crippen LogP contribution in [0.4, 0.5) is 0 Å². The number of nitrogens with zero attached hydrogens (tertiary/aromatic N) is 2. The fourth-order valence-corrected chi connectivity index (χ4v) is 2.17. The number of hydrogen-bond donors (Lipinski definition) is 2. The van der Waals surface area contributed by atoms with Gasteiger partial charge in [-0.15, -0.1) is 0 Å². The Morgan fingerprint density at radius 3 is 2.42 bits per heavy atom. The Morgan fingerprint density at radius 1 is 0.958 bits per heavy atom. The molecule has 2 heterocycles. The number of rotatable bonds is 11. The van der Waals surface area contributed by atoms with Gasteiger partial charge in [-0.1, -0.05) is 18.9 Å². The van der Waals surface area contributed by atoms with Crippen molar-refractivity contribution in [2.45, 2.75) is 32.3 Å². The first-order valence-electron chi connectivity index (χ1n) is 8.28. The molecular weight excluding hydrogens is 304 g/mol. The van der Waals surface area contributed by atoms with Gasteiger partial charge in [-0.05, 0) is 36.6 Å². The summed E-state index contributed by atoms with van der Waals surface area (Å²) in [6.07, 6.45) is 11.0. The lowest BCUT2D eigenvalue weighted by atomic mass is 10.2. The lowest BCUT2D eigenvalue weighted by Crippen LogP contribution is -2.24. The lowest BCUT2D eigenvalue weighted by Gasteiger charge is -2.06. The van der Waals surface area contributed by atoms with Crippen LogP contribution in [0.25, 0.3) is 0 Å². The van der Waals surface area contributed by atoms with E-state index >= 15 is 0 Å². The van der Waals surface area contributed by atoms with Gasteiger partial charge in [0.05, 0.1) is 12.2 Å². The highest BCUT2D eigenvalue weighted by Crippen LogP contribution is 2.00. The SMILES string of the molecule is O=C(NCCCCCCNOCc1cccnc1)c1cccnc1. The van der Waals surface area contributed by atoms with Gasteiger partial charge in [0.15, 0.2) is 0 Å². The second-order valence-electron chi connectivity index (χ2n) is 5.46. The summed E-state index contributed by atoms with van der Waals surface area (Å²) in [6.45, 7) is 2.04. The predicted octanol–water partition coefficient (Wildman–Crippen LogP) is 2.49. The van der Waals surface area contributed by atoms with E-state index in [-0.39, 0.29) is 5.91 Å². The number of unbranched alkanes of at least 4 members (excludes halogenated alkanes) is 3. The van der Waals surface area contributed by atoms with E-state index in [0.29, 0.717) is 18.7 Å². The third kappa shape index (κ3) is 7.30. The highest BCUT2D eigenvalue weighted by molar-refractivity contribution is 5.93. The van der Waals surface area contributed by atoms with E-state index in [9.17, 15) is 4.79 Å². The van der Waals surface area contributed by atoms with Gasteiger partial charge in [-0.3, -0.25) is 19.6 Å². The van der Waals surface area contributed by atoms with E-state index in [1.165, 1.54) is 0 Å². The smallest absolute Gasteiger partial charge is 0.252 e. The average molecular weight is 328 g/mol. The molecule has 0 radical (unpaired) electrons. The van der Waals surface area contributed by atoms with Crippen LogP contribution in [0, 0.1) is 0 Å². The van der Waals surface area contributed by atoms with Crippen LogP contribution in [0.3, 0.4) is 0 Å². The van der Waals surface area contributed by atoms with Crippen LogP contribution in [0.1, 0.15) is 41.6 Å². The topological polar surface area (TPSA) is 76.1 Å². The molecule has 0 fully saturated rings. The quantitative estimate of drug-likeness (QED) is 0.489. The molecule has 0 saturated carbocycles. The molecule has 1 amide bonds. The standard InChI is InChI=1S/C18H24N4O2/c23-18(17-8-6-10-20-14-17)21-11-3-1-2-4-12-22-24-15-16-7-5-9-19-13-16/h5-10,13-14,22H,1-4,11-12,15H2,(H,21,23). The van der Waals surface area contributed by atoms with Gasteiger partial charge in [0, 0.05) is 37.9 Å². The maximum absolute atomic E-state index is 11.8. The van der Waals surface area contributed by atoms with Crippen LogP contribution >= 0.6 is 0 Å². The number of carbonyl (C=O) groups excluding carboxylic acids is 1. The van der Waals surface area contributed by atoms with Crippen molar-refractivity contribution in [3.8, 4) is 0 Å².